The van der Waals surface area contributed by atoms with Crippen molar-refractivity contribution >= 4 is 11.3 Å². The Hall–Kier alpha value is -2.06. The Balaban J connectivity index is 1.96. The minimum Gasteiger partial charge on any atom is -0.329 e. The first-order chi connectivity index (χ1) is 9.28. The van der Waals surface area contributed by atoms with Crippen LogP contribution in [0, 0.1) is 0 Å². The molecule has 0 aliphatic heterocycles. The van der Waals surface area contributed by atoms with Crippen molar-refractivity contribution in [2.24, 2.45) is 12.8 Å². The van der Waals surface area contributed by atoms with Crippen molar-refractivity contribution in [1.29, 1.82) is 0 Å². The van der Waals surface area contributed by atoms with E-state index in [1.54, 1.807) is 20.7 Å². The third-order valence-corrected chi connectivity index (χ3v) is 3.50. The van der Waals surface area contributed by atoms with E-state index in [1.807, 2.05) is 30.8 Å². The highest BCUT2D eigenvalue weighted by atomic mass is 32.1. The Morgan fingerprint density at radius 3 is 3.05 bits per heavy atom. The predicted molar refractivity (Wildman–Crippen MR) is 72.4 cm³/mol. The summed E-state index contributed by atoms with van der Waals surface area (Å²) in [7, 11) is 1.85. The molecular weight excluding hydrogens is 262 g/mol. The summed E-state index contributed by atoms with van der Waals surface area (Å²) in [5, 5.41) is 14.5. The van der Waals surface area contributed by atoms with Gasteiger partial charge in [0.2, 0.25) is 0 Å². The minimum absolute atomic E-state index is 0.530. The zero-order valence-corrected chi connectivity index (χ0v) is 11.2. The van der Waals surface area contributed by atoms with Crippen LogP contribution in [0.3, 0.4) is 0 Å². The van der Waals surface area contributed by atoms with E-state index in [-0.39, 0.29) is 0 Å². The van der Waals surface area contributed by atoms with Crippen LogP contribution in [0.25, 0.3) is 22.2 Å². The van der Waals surface area contributed by atoms with Gasteiger partial charge in [0.05, 0.1) is 17.6 Å². The summed E-state index contributed by atoms with van der Waals surface area (Å²) in [6.45, 7) is 1.17. The first kappa shape index (κ1) is 12.0. The molecule has 2 N–H and O–H groups in total. The molecule has 98 valence electrons. The molecule has 0 radical (unpaired) electrons. The maximum absolute atomic E-state index is 5.49. The third-order valence-electron chi connectivity index (χ3n) is 2.63. The number of rotatable bonds is 4. The zero-order chi connectivity index (χ0) is 13.2. The molecule has 19 heavy (non-hydrogen) atoms. The largest absolute Gasteiger partial charge is 0.329 e. The van der Waals surface area contributed by atoms with Gasteiger partial charge in [0, 0.05) is 13.6 Å². The molecule has 3 heterocycles. The Morgan fingerprint density at radius 2 is 2.32 bits per heavy atom. The quantitative estimate of drug-likeness (QED) is 0.759. The topological polar surface area (TPSA) is 87.4 Å². The summed E-state index contributed by atoms with van der Waals surface area (Å²) in [6.07, 6.45) is 1.83. The number of nitrogens with two attached hydrogens (primary N) is 1. The Bertz CT molecular complexity index is 667. The van der Waals surface area contributed by atoms with Crippen LogP contribution in [0.2, 0.25) is 0 Å². The molecule has 0 bridgehead atoms. The van der Waals surface area contributed by atoms with Gasteiger partial charge in [-0.05, 0) is 11.4 Å². The molecule has 0 saturated carbocycles. The molecule has 0 fully saturated rings. The Kier molecular flexibility index (Phi) is 3.10. The molecule has 8 heteroatoms. The lowest BCUT2D eigenvalue weighted by Crippen LogP contribution is -2.10. The lowest BCUT2D eigenvalue weighted by molar-refractivity contribution is 0.598. The van der Waals surface area contributed by atoms with E-state index in [4.69, 9.17) is 5.73 Å². The molecule has 7 nitrogen and oxygen atoms in total. The fourth-order valence-corrected chi connectivity index (χ4v) is 2.41. The Labute approximate surface area is 113 Å². The number of nitrogens with zero attached hydrogens (tertiary/aromatic N) is 6. The van der Waals surface area contributed by atoms with Crippen molar-refractivity contribution in [3.63, 3.8) is 0 Å². The number of aromatic nitrogens is 6. The molecule has 0 unspecified atom stereocenters. The second-order valence-corrected chi connectivity index (χ2v) is 4.96. The number of thiophene rings is 1. The average Bonchev–Trinajstić information content (AvgIpc) is 3.08. The molecular formula is C11H13N7S. The molecule has 0 spiro atoms. The van der Waals surface area contributed by atoms with Gasteiger partial charge < -0.3 is 5.73 Å². The monoisotopic (exact) mass is 275 g/mol. The van der Waals surface area contributed by atoms with Crippen LogP contribution in [-0.4, -0.2) is 36.3 Å². The molecule has 0 saturated heterocycles. The van der Waals surface area contributed by atoms with Crippen LogP contribution in [0.15, 0.2) is 23.7 Å². The van der Waals surface area contributed by atoms with Crippen LogP contribution < -0.4 is 5.73 Å². The lowest BCUT2D eigenvalue weighted by Gasteiger charge is -1.93. The van der Waals surface area contributed by atoms with Crippen LogP contribution >= 0.6 is 11.3 Å². The van der Waals surface area contributed by atoms with Crippen molar-refractivity contribution in [3.05, 3.63) is 23.7 Å². The van der Waals surface area contributed by atoms with E-state index in [0.717, 1.165) is 4.88 Å². The summed E-state index contributed by atoms with van der Waals surface area (Å²) in [5.41, 5.74) is 6.19. The summed E-state index contributed by atoms with van der Waals surface area (Å²) in [4.78, 5) is 5.55. The molecule has 3 aromatic heterocycles. The molecule has 3 aromatic rings. The predicted octanol–water partition coefficient (Wildman–Crippen LogP) is 0.761. The van der Waals surface area contributed by atoms with Crippen molar-refractivity contribution in [2.75, 3.05) is 6.54 Å². The van der Waals surface area contributed by atoms with Crippen molar-refractivity contribution in [1.82, 2.24) is 29.8 Å². The number of aryl methyl sites for hydroxylation is 1. The van der Waals surface area contributed by atoms with E-state index >= 15 is 0 Å². The van der Waals surface area contributed by atoms with Crippen LogP contribution in [0.4, 0.5) is 0 Å². The highest BCUT2D eigenvalue weighted by Crippen LogP contribution is 2.23. The zero-order valence-electron chi connectivity index (χ0n) is 10.4. The van der Waals surface area contributed by atoms with Crippen molar-refractivity contribution in [2.45, 2.75) is 6.54 Å². The first-order valence-electron chi connectivity index (χ1n) is 5.83. The smallest absolute Gasteiger partial charge is 0.191 e. The van der Waals surface area contributed by atoms with E-state index < -0.39 is 0 Å². The molecule has 0 aliphatic rings. The van der Waals surface area contributed by atoms with Gasteiger partial charge in [-0.25, -0.2) is 9.67 Å². The van der Waals surface area contributed by atoms with E-state index in [2.05, 4.69) is 20.4 Å². The third kappa shape index (κ3) is 2.27. The van der Waals surface area contributed by atoms with Crippen LogP contribution in [-0.2, 0) is 13.6 Å². The summed E-state index contributed by atoms with van der Waals surface area (Å²) < 4.78 is 3.42. The van der Waals surface area contributed by atoms with E-state index in [9.17, 15) is 0 Å². The SMILES string of the molecule is Cn1nc(-c2cccs2)nc1-c1cn(CCN)nn1. The maximum atomic E-state index is 5.49. The molecule has 3 rings (SSSR count). The normalized spacial score (nSPS) is 11.1. The van der Waals surface area contributed by atoms with Crippen LogP contribution in [0.1, 0.15) is 0 Å². The number of hydrogen-bond donors (Lipinski definition) is 1. The molecule has 0 aliphatic carbocycles. The van der Waals surface area contributed by atoms with Gasteiger partial charge in [-0.1, -0.05) is 11.3 Å². The number of hydrogen-bond acceptors (Lipinski definition) is 6. The van der Waals surface area contributed by atoms with E-state index in [0.29, 0.717) is 30.4 Å². The summed E-state index contributed by atoms with van der Waals surface area (Å²) in [5.74, 6) is 1.41. The molecule has 0 atom stereocenters. The van der Waals surface area contributed by atoms with Gasteiger partial charge in [0.25, 0.3) is 0 Å². The van der Waals surface area contributed by atoms with E-state index in [1.165, 1.54) is 0 Å². The molecule has 0 aromatic carbocycles. The Morgan fingerprint density at radius 1 is 1.42 bits per heavy atom. The fraction of sp³-hybridized carbons (Fsp3) is 0.273. The van der Waals surface area contributed by atoms with Crippen molar-refractivity contribution < 1.29 is 0 Å². The van der Waals surface area contributed by atoms with Crippen molar-refractivity contribution in [3.8, 4) is 22.2 Å². The van der Waals surface area contributed by atoms with Gasteiger partial charge >= 0.3 is 0 Å². The van der Waals surface area contributed by atoms with Crippen LogP contribution in [0.5, 0.6) is 0 Å². The highest BCUT2D eigenvalue weighted by Gasteiger charge is 2.14. The maximum Gasteiger partial charge on any atom is 0.191 e. The van der Waals surface area contributed by atoms with Gasteiger partial charge in [0.1, 0.15) is 5.69 Å². The molecule has 0 amide bonds. The van der Waals surface area contributed by atoms with Gasteiger partial charge in [-0.3, -0.25) is 4.68 Å². The van der Waals surface area contributed by atoms with Gasteiger partial charge in [-0.15, -0.1) is 21.5 Å². The highest BCUT2D eigenvalue weighted by molar-refractivity contribution is 7.13. The summed E-state index contributed by atoms with van der Waals surface area (Å²) >= 11 is 1.61. The fourth-order valence-electron chi connectivity index (χ4n) is 1.76. The standard InChI is InChI=1S/C11H13N7S/c1-17-11(8-7-18(5-4-12)16-14-8)13-10(15-17)9-3-2-6-19-9/h2-3,6-7H,4-5,12H2,1H3. The van der Waals surface area contributed by atoms with Gasteiger partial charge in [-0.2, -0.15) is 0 Å². The first-order valence-corrected chi connectivity index (χ1v) is 6.71. The summed E-state index contributed by atoms with van der Waals surface area (Å²) in [6, 6.07) is 3.97. The van der Waals surface area contributed by atoms with Gasteiger partial charge in [0.15, 0.2) is 11.6 Å². The minimum atomic E-state index is 0.530. The lowest BCUT2D eigenvalue weighted by atomic mass is 10.4. The second-order valence-electron chi connectivity index (χ2n) is 4.02. The second kappa shape index (κ2) is 4.90. The average molecular weight is 275 g/mol.